The summed E-state index contributed by atoms with van der Waals surface area (Å²) in [6.45, 7) is 3.16. The van der Waals surface area contributed by atoms with E-state index in [9.17, 15) is 4.79 Å². The molecule has 70 valence electrons. The Morgan fingerprint density at radius 3 is 2.50 bits per heavy atom. The minimum Gasteiger partial charge on any atom is -0.453 e. The summed E-state index contributed by atoms with van der Waals surface area (Å²) >= 11 is 0. The first-order valence-electron chi connectivity index (χ1n) is 3.28. The van der Waals surface area contributed by atoms with E-state index in [0.717, 1.165) is 0 Å². The average molecular weight is 175 g/mol. The lowest BCUT2D eigenvalue weighted by Crippen LogP contribution is -2.53. The number of oxime groups is 1. The molecule has 0 saturated carbocycles. The first-order chi connectivity index (χ1) is 5.44. The first-order valence-corrected chi connectivity index (χ1v) is 3.28. The second kappa shape index (κ2) is 3.80. The van der Waals surface area contributed by atoms with Crippen molar-refractivity contribution in [3.05, 3.63) is 0 Å². The number of nitrogens with one attached hydrogen (secondary N) is 1. The molecular formula is C6H13N3O3. The van der Waals surface area contributed by atoms with Crippen LogP contribution in [0.15, 0.2) is 5.16 Å². The smallest absolute Gasteiger partial charge is 0.407 e. The lowest BCUT2D eigenvalue weighted by atomic mass is 10.1. The zero-order chi connectivity index (χ0) is 9.78. The Balaban J connectivity index is 4.32. The van der Waals surface area contributed by atoms with Gasteiger partial charge >= 0.3 is 6.09 Å². The molecule has 0 fully saturated rings. The maximum Gasteiger partial charge on any atom is 0.407 e. The number of nitrogens with zero attached hydrogens (tertiary/aromatic N) is 1. The summed E-state index contributed by atoms with van der Waals surface area (Å²) in [6.07, 6.45) is -0.633. The molecule has 0 aliphatic carbocycles. The molecule has 0 aliphatic rings. The van der Waals surface area contributed by atoms with Gasteiger partial charge in [-0.2, -0.15) is 0 Å². The van der Waals surface area contributed by atoms with E-state index in [1.165, 1.54) is 7.11 Å². The summed E-state index contributed by atoms with van der Waals surface area (Å²) < 4.78 is 4.34. The molecule has 6 nitrogen and oxygen atoms in total. The SMILES string of the molecule is COC(=O)NC(C)(C)/C(N)=N/O. The highest BCUT2D eigenvalue weighted by Crippen LogP contribution is 2.01. The molecule has 0 saturated heterocycles. The fraction of sp³-hybridized carbons (Fsp3) is 0.667. The lowest BCUT2D eigenvalue weighted by molar-refractivity contribution is 0.164. The van der Waals surface area contributed by atoms with Crippen molar-refractivity contribution in [1.82, 2.24) is 5.32 Å². The van der Waals surface area contributed by atoms with E-state index in [1.807, 2.05) is 0 Å². The topological polar surface area (TPSA) is 96.9 Å². The number of carbonyl (C=O) groups excluding carboxylic acids is 1. The number of methoxy groups -OCH3 is 1. The van der Waals surface area contributed by atoms with Gasteiger partial charge in [0.25, 0.3) is 0 Å². The number of ether oxygens (including phenoxy) is 1. The Morgan fingerprint density at radius 1 is 1.67 bits per heavy atom. The lowest BCUT2D eigenvalue weighted by Gasteiger charge is -2.23. The van der Waals surface area contributed by atoms with E-state index in [4.69, 9.17) is 10.9 Å². The maximum absolute atomic E-state index is 10.7. The van der Waals surface area contributed by atoms with Crippen LogP contribution in [0.1, 0.15) is 13.8 Å². The van der Waals surface area contributed by atoms with Crippen LogP contribution in [0.3, 0.4) is 0 Å². The highest BCUT2D eigenvalue weighted by atomic mass is 16.5. The van der Waals surface area contributed by atoms with E-state index in [2.05, 4.69) is 15.2 Å². The van der Waals surface area contributed by atoms with Gasteiger partial charge in [-0.1, -0.05) is 5.16 Å². The maximum atomic E-state index is 10.7. The number of nitrogens with two attached hydrogens (primary N) is 1. The van der Waals surface area contributed by atoms with Crippen LogP contribution in [0.25, 0.3) is 0 Å². The third-order valence-electron chi connectivity index (χ3n) is 1.35. The molecule has 0 atom stereocenters. The predicted molar refractivity (Wildman–Crippen MR) is 43.0 cm³/mol. The van der Waals surface area contributed by atoms with Crippen LogP contribution >= 0.6 is 0 Å². The van der Waals surface area contributed by atoms with Crippen molar-refractivity contribution in [2.45, 2.75) is 19.4 Å². The number of amides is 1. The Bertz CT molecular complexity index is 200. The van der Waals surface area contributed by atoms with Gasteiger partial charge in [-0.25, -0.2) is 4.79 Å². The van der Waals surface area contributed by atoms with Gasteiger partial charge in [-0.3, -0.25) is 0 Å². The van der Waals surface area contributed by atoms with Gasteiger partial charge in [0.15, 0.2) is 5.84 Å². The minimum atomic E-state index is -0.915. The molecule has 0 heterocycles. The van der Waals surface area contributed by atoms with Crippen molar-refractivity contribution in [3.63, 3.8) is 0 Å². The number of hydrogen-bond acceptors (Lipinski definition) is 4. The van der Waals surface area contributed by atoms with Gasteiger partial charge in [0, 0.05) is 0 Å². The number of amidine groups is 1. The molecule has 0 aliphatic heterocycles. The number of rotatable bonds is 2. The van der Waals surface area contributed by atoms with Crippen molar-refractivity contribution < 1.29 is 14.7 Å². The van der Waals surface area contributed by atoms with Gasteiger partial charge in [-0.15, -0.1) is 0 Å². The second-order valence-electron chi connectivity index (χ2n) is 2.73. The van der Waals surface area contributed by atoms with Gasteiger partial charge in [0.2, 0.25) is 0 Å². The Hall–Kier alpha value is -1.46. The van der Waals surface area contributed by atoms with Crippen molar-refractivity contribution >= 4 is 11.9 Å². The minimum absolute atomic E-state index is 0.0899. The number of hydrogen-bond donors (Lipinski definition) is 3. The zero-order valence-electron chi connectivity index (χ0n) is 7.29. The summed E-state index contributed by atoms with van der Waals surface area (Å²) in [5, 5.41) is 13.5. The fourth-order valence-electron chi connectivity index (χ4n) is 0.495. The van der Waals surface area contributed by atoms with Gasteiger partial charge in [-0.05, 0) is 13.8 Å². The third kappa shape index (κ3) is 2.65. The normalized spacial score (nSPS) is 12.4. The van der Waals surface area contributed by atoms with Crippen molar-refractivity contribution in [2.75, 3.05) is 7.11 Å². The monoisotopic (exact) mass is 175 g/mol. The van der Waals surface area contributed by atoms with E-state index < -0.39 is 11.6 Å². The van der Waals surface area contributed by atoms with Crippen molar-refractivity contribution in [1.29, 1.82) is 0 Å². The largest absolute Gasteiger partial charge is 0.453 e. The quantitative estimate of drug-likeness (QED) is 0.235. The Kier molecular flexibility index (Phi) is 3.33. The van der Waals surface area contributed by atoms with Crippen LogP contribution in [0.2, 0.25) is 0 Å². The molecule has 0 aromatic rings. The fourth-order valence-corrected chi connectivity index (χ4v) is 0.495. The van der Waals surface area contributed by atoms with E-state index in [0.29, 0.717) is 0 Å². The standard InChI is InChI=1S/C6H13N3O3/c1-6(2,4(7)9-11)8-5(10)12-3/h11H,1-3H3,(H2,7,9)(H,8,10). The third-order valence-corrected chi connectivity index (χ3v) is 1.35. The van der Waals surface area contributed by atoms with Gasteiger partial charge in [0.1, 0.15) is 0 Å². The molecule has 4 N–H and O–H groups in total. The summed E-state index contributed by atoms with van der Waals surface area (Å²) in [4.78, 5) is 10.7. The molecule has 0 radical (unpaired) electrons. The van der Waals surface area contributed by atoms with Crippen LogP contribution in [0, 0.1) is 0 Å². The van der Waals surface area contributed by atoms with Crippen LogP contribution in [0.5, 0.6) is 0 Å². The molecular weight excluding hydrogens is 162 g/mol. The molecule has 0 aromatic carbocycles. The second-order valence-corrected chi connectivity index (χ2v) is 2.73. The van der Waals surface area contributed by atoms with Crippen molar-refractivity contribution in [2.24, 2.45) is 10.9 Å². The molecule has 0 rings (SSSR count). The Morgan fingerprint density at radius 2 is 2.17 bits per heavy atom. The highest BCUT2D eigenvalue weighted by molar-refractivity contribution is 5.91. The van der Waals surface area contributed by atoms with Crippen LogP contribution in [-0.2, 0) is 4.74 Å². The van der Waals surface area contributed by atoms with Crippen molar-refractivity contribution in [3.8, 4) is 0 Å². The van der Waals surface area contributed by atoms with Gasteiger partial charge < -0.3 is 21.0 Å². The molecule has 6 heteroatoms. The summed E-state index contributed by atoms with van der Waals surface area (Å²) in [5.41, 5.74) is 4.37. The van der Waals surface area contributed by atoms with E-state index in [1.54, 1.807) is 13.8 Å². The van der Waals surface area contributed by atoms with Gasteiger partial charge in [0.05, 0.1) is 12.6 Å². The van der Waals surface area contributed by atoms with Crippen LogP contribution in [0.4, 0.5) is 4.79 Å². The molecule has 1 amide bonds. The number of alkyl carbamates (subject to hydrolysis) is 1. The first kappa shape index (κ1) is 10.5. The average Bonchev–Trinajstić information content (AvgIpc) is 2.02. The molecule has 0 bridgehead atoms. The zero-order valence-corrected chi connectivity index (χ0v) is 7.29. The van der Waals surface area contributed by atoms with E-state index >= 15 is 0 Å². The summed E-state index contributed by atoms with van der Waals surface area (Å²) in [5.74, 6) is -0.0899. The van der Waals surface area contributed by atoms with Crippen LogP contribution < -0.4 is 11.1 Å². The Labute approximate surface area is 70.4 Å². The number of carbonyl (C=O) groups is 1. The predicted octanol–water partition coefficient (Wildman–Crippen LogP) is -0.133. The molecule has 12 heavy (non-hydrogen) atoms. The van der Waals surface area contributed by atoms with Crippen LogP contribution in [-0.4, -0.2) is 29.8 Å². The molecule has 0 unspecified atom stereocenters. The highest BCUT2D eigenvalue weighted by Gasteiger charge is 2.25. The summed E-state index contributed by atoms with van der Waals surface area (Å²) in [6, 6.07) is 0. The van der Waals surface area contributed by atoms with E-state index in [-0.39, 0.29) is 5.84 Å². The molecule has 0 spiro atoms. The molecule has 0 aromatic heterocycles. The summed E-state index contributed by atoms with van der Waals surface area (Å²) in [7, 11) is 1.23.